The molecule has 0 radical (unpaired) electrons. The number of rotatable bonds is 12. The van der Waals surface area contributed by atoms with Crippen molar-refractivity contribution in [1.29, 1.82) is 0 Å². The Balaban J connectivity index is 1.28. The number of nitrogens with zero attached hydrogens (tertiary/aromatic N) is 6. The number of fused-ring (bicyclic) bond motifs is 1. The summed E-state index contributed by atoms with van der Waals surface area (Å²) >= 11 is 0. The number of aryl methyl sites for hydroxylation is 1. The third-order valence-electron chi connectivity index (χ3n) is 14.3. The zero-order valence-corrected chi connectivity index (χ0v) is 39.4. The minimum atomic E-state index is -1.39. The van der Waals surface area contributed by atoms with Crippen molar-refractivity contribution >= 4 is 23.6 Å². The number of amides is 1. The van der Waals surface area contributed by atoms with E-state index in [-0.39, 0.29) is 42.6 Å². The van der Waals surface area contributed by atoms with Crippen molar-refractivity contribution in [3.05, 3.63) is 37.1 Å². The maximum Gasteiger partial charge on any atom is 0.410 e. The monoisotopic (exact) mass is 881 g/mol. The van der Waals surface area contributed by atoms with E-state index < -0.39 is 71.5 Å². The minimum Gasteiger partial charge on any atom is -0.458 e. The second kappa shape index (κ2) is 20.6. The number of pyridine rings is 1. The Kier molecular flexibility index (Phi) is 15.9. The Hall–Kier alpha value is -3.80. The Bertz CT molecular complexity index is 1870. The molecule has 0 saturated carbocycles. The van der Waals surface area contributed by atoms with Gasteiger partial charge in [-0.15, -0.1) is 0 Å². The summed E-state index contributed by atoms with van der Waals surface area (Å²) in [4.78, 5) is 72.6. The molecule has 16 heteroatoms. The van der Waals surface area contributed by atoms with Gasteiger partial charge in [0.2, 0.25) is 0 Å². The quantitative estimate of drug-likeness (QED) is 0.154. The van der Waals surface area contributed by atoms with Crippen LogP contribution in [-0.2, 0) is 49.3 Å². The first-order valence-corrected chi connectivity index (χ1v) is 23.0. The van der Waals surface area contributed by atoms with Gasteiger partial charge in [-0.2, -0.15) is 0 Å². The molecule has 6 rings (SSSR count). The smallest absolute Gasteiger partial charge is 0.410 e. The normalized spacial score (nSPS) is 36.5. The van der Waals surface area contributed by atoms with E-state index in [0.29, 0.717) is 32.7 Å². The maximum atomic E-state index is 14.9. The third kappa shape index (κ3) is 10.4. The van der Waals surface area contributed by atoms with Gasteiger partial charge in [0.25, 0.3) is 0 Å². The molecule has 4 aliphatic heterocycles. The van der Waals surface area contributed by atoms with Gasteiger partial charge in [-0.05, 0) is 86.0 Å². The number of aromatic nitrogens is 3. The van der Waals surface area contributed by atoms with Crippen LogP contribution in [0, 0.1) is 23.7 Å². The standard InChI is InChI=1S/C47H72N6O10/c1-12-37-47(8)41(53(45(57)63-47)19-14-13-18-51-27-35(49-28-51)34-16-15-17-48-26-34)31(4)39(54)29(2)25-46(7,58-11)42(32(5)40(55)33(6)43(56)61-37)62-44-38(50(9)10)36(24-30(3)60-44)52-20-22-59-23-21-52/h15-17,26-33,36-38,41-42,44H,12-14,18-25H2,1-11H3/t29-,30-,31+,32+,33-,36-,37-,38+,41-,42-,44+,46+,47-/m1/s1. The van der Waals surface area contributed by atoms with Crippen molar-refractivity contribution in [2.24, 2.45) is 23.7 Å². The molecule has 16 nitrogen and oxygen atoms in total. The summed E-state index contributed by atoms with van der Waals surface area (Å²) in [6.45, 7) is 18.3. The number of carbonyl (C=O) groups excluding carboxylic acids is 4. The molecular formula is C47H72N6O10. The first-order chi connectivity index (χ1) is 29.9. The van der Waals surface area contributed by atoms with Gasteiger partial charge in [0.15, 0.2) is 17.7 Å². The number of carbonyl (C=O) groups is 4. The van der Waals surface area contributed by atoms with Gasteiger partial charge in [-0.25, -0.2) is 9.78 Å². The molecule has 2 aromatic rings. The van der Waals surface area contributed by atoms with Crippen LogP contribution in [-0.4, -0.2) is 161 Å². The second-order valence-corrected chi connectivity index (χ2v) is 19.0. The van der Waals surface area contributed by atoms with Gasteiger partial charge in [0, 0.05) is 81.2 Å². The largest absolute Gasteiger partial charge is 0.458 e. The van der Waals surface area contributed by atoms with Crippen LogP contribution in [0.25, 0.3) is 11.3 Å². The molecule has 13 atom stereocenters. The van der Waals surface area contributed by atoms with E-state index in [1.807, 2.05) is 71.6 Å². The Morgan fingerprint density at radius 2 is 1.68 bits per heavy atom. The van der Waals surface area contributed by atoms with Crippen molar-refractivity contribution in [3.63, 3.8) is 0 Å². The van der Waals surface area contributed by atoms with Crippen molar-refractivity contribution in [2.45, 2.75) is 148 Å². The Morgan fingerprint density at radius 1 is 0.968 bits per heavy atom. The second-order valence-electron chi connectivity index (χ2n) is 19.0. The number of Topliss-reactive ketones (excluding diaryl/α,β-unsaturated/α-hetero) is 2. The molecule has 0 N–H and O–H groups in total. The van der Waals surface area contributed by atoms with Crippen LogP contribution in [0.4, 0.5) is 4.79 Å². The van der Waals surface area contributed by atoms with E-state index in [1.165, 1.54) is 0 Å². The minimum absolute atomic E-state index is 0.0851. The number of hydrogen-bond acceptors (Lipinski definition) is 14. The van der Waals surface area contributed by atoms with Gasteiger partial charge < -0.3 is 42.8 Å². The zero-order chi connectivity index (χ0) is 45.8. The SMILES string of the molecule is CC[C@H]1OC(=O)[C@H](C)C(=O)[C@H](C)[C@@H](O[C@@H]2O[C@H](C)C[C@@H](N3CCOCC3)[C@@H]2N(C)C)[C@@](C)(OC)C[C@@H](C)C(=O)[C@H](C)[C@H]2N(CCCCn3cnc(-c4cccnc4)c3)C(=O)O[C@]12C. The maximum absolute atomic E-state index is 14.9. The van der Waals surface area contributed by atoms with Crippen molar-refractivity contribution < 1.29 is 47.6 Å². The van der Waals surface area contributed by atoms with E-state index in [1.54, 1.807) is 51.5 Å². The summed E-state index contributed by atoms with van der Waals surface area (Å²) < 4.78 is 40.2. The average molecular weight is 881 g/mol. The van der Waals surface area contributed by atoms with Gasteiger partial charge in [0.1, 0.15) is 17.8 Å². The predicted octanol–water partition coefficient (Wildman–Crippen LogP) is 5.27. The predicted molar refractivity (Wildman–Crippen MR) is 234 cm³/mol. The van der Waals surface area contributed by atoms with Crippen molar-refractivity contribution in [2.75, 3.05) is 54.1 Å². The van der Waals surface area contributed by atoms with E-state index in [0.717, 1.165) is 37.2 Å². The fraction of sp³-hybridized carbons (Fsp3) is 0.745. The summed E-state index contributed by atoms with van der Waals surface area (Å²) in [6.07, 6.45) is 6.48. The molecule has 2 aromatic heterocycles. The number of imidazole rings is 1. The molecule has 1 amide bonds. The van der Waals surface area contributed by atoms with Crippen LogP contribution < -0.4 is 0 Å². The van der Waals surface area contributed by atoms with Crippen LogP contribution in [0.2, 0.25) is 0 Å². The van der Waals surface area contributed by atoms with Gasteiger partial charge in [-0.3, -0.25) is 24.3 Å². The third-order valence-corrected chi connectivity index (χ3v) is 14.3. The first kappa shape index (κ1) is 48.7. The number of morpholine rings is 1. The first-order valence-electron chi connectivity index (χ1n) is 23.0. The lowest BCUT2D eigenvalue weighted by molar-refractivity contribution is -0.284. The van der Waals surface area contributed by atoms with Gasteiger partial charge in [-0.1, -0.05) is 27.7 Å². The summed E-state index contributed by atoms with van der Waals surface area (Å²) in [5, 5.41) is 0. The molecule has 63 heavy (non-hydrogen) atoms. The lowest BCUT2D eigenvalue weighted by Gasteiger charge is -2.51. The van der Waals surface area contributed by atoms with Gasteiger partial charge >= 0.3 is 12.1 Å². The number of methoxy groups -OCH3 is 1. The summed E-state index contributed by atoms with van der Waals surface area (Å²) in [6, 6.07) is 2.93. The Morgan fingerprint density at radius 3 is 2.33 bits per heavy atom. The zero-order valence-electron chi connectivity index (χ0n) is 39.4. The number of unbranched alkanes of at least 4 members (excludes halogenated alkanes) is 1. The lowest BCUT2D eigenvalue weighted by Crippen LogP contribution is -2.64. The molecule has 0 aromatic carbocycles. The summed E-state index contributed by atoms with van der Waals surface area (Å²) in [5.74, 6) is -4.62. The molecule has 4 saturated heterocycles. The van der Waals surface area contributed by atoms with E-state index in [9.17, 15) is 19.2 Å². The lowest BCUT2D eigenvalue weighted by atomic mass is 9.73. The fourth-order valence-corrected chi connectivity index (χ4v) is 10.8. The number of cyclic esters (lactones) is 1. The van der Waals surface area contributed by atoms with E-state index in [2.05, 4.69) is 19.8 Å². The Labute approximate surface area is 373 Å². The number of ether oxygens (including phenoxy) is 6. The average Bonchev–Trinajstić information content (AvgIpc) is 3.85. The molecule has 6 heterocycles. The molecule has 0 aliphatic carbocycles. The highest BCUT2D eigenvalue weighted by Gasteiger charge is 2.60. The summed E-state index contributed by atoms with van der Waals surface area (Å²) in [5.41, 5.74) is -0.841. The van der Waals surface area contributed by atoms with Gasteiger partial charge in [0.05, 0.1) is 55.1 Å². The highest BCUT2D eigenvalue weighted by Crippen LogP contribution is 2.43. The molecule has 4 aliphatic rings. The molecule has 0 bridgehead atoms. The van der Waals surface area contributed by atoms with Crippen LogP contribution in [0.5, 0.6) is 0 Å². The topological polar surface area (TPSA) is 164 Å². The highest BCUT2D eigenvalue weighted by molar-refractivity contribution is 6.00. The molecule has 350 valence electrons. The van der Waals surface area contributed by atoms with Crippen LogP contribution >= 0.6 is 0 Å². The van der Waals surface area contributed by atoms with Crippen LogP contribution in [0.15, 0.2) is 37.1 Å². The van der Waals surface area contributed by atoms with Crippen molar-refractivity contribution in [3.8, 4) is 11.3 Å². The van der Waals surface area contributed by atoms with Crippen LogP contribution in [0.1, 0.15) is 87.5 Å². The molecule has 4 fully saturated rings. The van der Waals surface area contributed by atoms with Crippen molar-refractivity contribution in [1.82, 2.24) is 29.2 Å². The number of likely N-dealkylation sites (N-methyl/N-ethyl adjacent to an activating group) is 1. The summed E-state index contributed by atoms with van der Waals surface area (Å²) in [7, 11) is 5.57. The van der Waals surface area contributed by atoms with E-state index in [4.69, 9.17) is 28.4 Å². The molecule has 0 spiro atoms. The number of hydrogen-bond donors (Lipinski definition) is 0. The van der Waals surface area contributed by atoms with E-state index >= 15 is 0 Å². The van der Waals surface area contributed by atoms with Crippen LogP contribution in [0.3, 0.4) is 0 Å². The molecule has 0 unspecified atom stereocenters. The fourth-order valence-electron chi connectivity index (χ4n) is 10.8. The number of ketones is 2. The number of esters is 1. The highest BCUT2D eigenvalue weighted by atomic mass is 16.7. The molecular weight excluding hydrogens is 809 g/mol.